The van der Waals surface area contributed by atoms with Crippen molar-refractivity contribution in [3.63, 3.8) is 0 Å². The standard InChI is InChI=1S/C27H26N4O4S2/c1-37(34,35)31-16-23(22-7-2-3-8-25(22)31)27(33)29-15-21(32)14-26-30-24(17-36-26)20-6-4-5-19(13-20)18-9-11-28-12-10-18/h4-6,9-13,16-17H,2-3,7-8,14-15H2,1H3,(H,29,33). The van der Waals surface area contributed by atoms with Crippen LogP contribution in [0.4, 0.5) is 0 Å². The first-order valence-corrected chi connectivity index (χ1v) is 14.7. The summed E-state index contributed by atoms with van der Waals surface area (Å²) in [7, 11) is -3.51. The summed E-state index contributed by atoms with van der Waals surface area (Å²) in [6, 6.07) is 11.9. The summed E-state index contributed by atoms with van der Waals surface area (Å²) in [6.07, 6.45) is 9.19. The molecule has 0 spiro atoms. The molecule has 0 aliphatic heterocycles. The molecule has 1 aliphatic carbocycles. The van der Waals surface area contributed by atoms with Crippen LogP contribution in [0.15, 0.2) is 60.4 Å². The molecule has 1 aliphatic rings. The van der Waals surface area contributed by atoms with Gasteiger partial charge in [-0.15, -0.1) is 11.3 Å². The van der Waals surface area contributed by atoms with Crippen LogP contribution in [0.3, 0.4) is 0 Å². The number of hydrogen-bond donors (Lipinski definition) is 1. The van der Waals surface area contributed by atoms with Gasteiger partial charge in [0.05, 0.1) is 30.5 Å². The van der Waals surface area contributed by atoms with Gasteiger partial charge in [0.15, 0.2) is 5.78 Å². The molecule has 0 bridgehead atoms. The van der Waals surface area contributed by atoms with Crippen LogP contribution in [0.25, 0.3) is 22.4 Å². The molecule has 0 unspecified atom stereocenters. The SMILES string of the molecule is CS(=O)(=O)n1cc(C(=O)NCC(=O)Cc2nc(-c3cccc(-c4ccncc4)c3)cs2)c2c1CCCC2. The molecule has 1 amide bonds. The van der Waals surface area contributed by atoms with Gasteiger partial charge in [-0.25, -0.2) is 17.4 Å². The number of ketones is 1. The minimum Gasteiger partial charge on any atom is -0.345 e. The number of carbonyl (C=O) groups is 2. The molecule has 0 atom stereocenters. The van der Waals surface area contributed by atoms with Crippen molar-refractivity contribution in [1.82, 2.24) is 19.3 Å². The summed E-state index contributed by atoms with van der Waals surface area (Å²) in [5, 5.41) is 5.27. The number of amides is 1. The Kier molecular flexibility index (Phi) is 7.03. The maximum Gasteiger partial charge on any atom is 0.253 e. The average molecular weight is 535 g/mol. The number of Topliss-reactive ketones (excluding diaryl/α,β-unsaturated/α-hetero) is 1. The Hall–Kier alpha value is -3.63. The fraction of sp³-hybridized carbons (Fsp3) is 0.259. The first-order chi connectivity index (χ1) is 17.8. The molecular weight excluding hydrogens is 508 g/mol. The van der Waals surface area contributed by atoms with Crippen molar-refractivity contribution in [3.8, 4) is 22.4 Å². The monoisotopic (exact) mass is 534 g/mol. The Bertz CT molecular complexity index is 1570. The number of aromatic nitrogens is 3. The molecule has 190 valence electrons. The fourth-order valence-corrected chi connectivity index (χ4v) is 6.35. The number of benzene rings is 1. The van der Waals surface area contributed by atoms with E-state index >= 15 is 0 Å². The predicted molar refractivity (Wildman–Crippen MR) is 143 cm³/mol. The van der Waals surface area contributed by atoms with Crippen molar-refractivity contribution in [2.24, 2.45) is 0 Å². The number of hydrogen-bond acceptors (Lipinski definition) is 7. The van der Waals surface area contributed by atoms with E-state index in [1.807, 2.05) is 35.7 Å². The molecule has 0 fully saturated rings. The second-order valence-corrected chi connectivity index (χ2v) is 11.9. The molecule has 10 heteroatoms. The zero-order valence-electron chi connectivity index (χ0n) is 20.3. The van der Waals surface area contributed by atoms with Gasteiger partial charge in [-0.2, -0.15) is 0 Å². The molecule has 0 radical (unpaired) electrons. The highest BCUT2D eigenvalue weighted by Crippen LogP contribution is 2.29. The number of nitrogens with zero attached hydrogens (tertiary/aromatic N) is 3. The van der Waals surface area contributed by atoms with E-state index in [1.54, 1.807) is 12.4 Å². The van der Waals surface area contributed by atoms with Crippen molar-refractivity contribution < 1.29 is 18.0 Å². The molecule has 8 nitrogen and oxygen atoms in total. The van der Waals surface area contributed by atoms with Crippen LogP contribution >= 0.6 is 11.3 Å². The number of carbonyl (C=O) groups excluding carboxylic acids is 2. The van der Waals surface area contributed by atoms with Crippen LogP contribution in [0.1, 0.15) is 39.5 Å². The molecule has 3 aromatic heterocycles. The molecule has 4 aromatic rings. The van der Waals surface area contributed by atoms with Crippen molar-refractivity contribution in [3.05, 3.63) is 82.2 Å². The van der Waals surface area contributed by atoms with Gasteiger partial charge in [-0.3, -0.25) is 14.6 Å². The summed E-state index contributed by atoms with van der Waals surface area (Å²) < 4.78 is 25.6. The average Bonchev–Trinajstić information content (AvgIpc) is 3.53. The topological polar surface area (TPSA) is 111 Å². The number of rotatable bonds is 8. The third-order valence-electron chi connectivity index (χ3n) is 6.40. The Labute approximate surface area is 219 Å². The van der Waals surface area contributed by atoms with E-state index in [1.165, 1.54) is 21.5 Å². The lowest BCUT2D eigenvalue weighted by Gasteiger charge is -2.15. The quantitative estimate of drug-likeness (QED) is 0.367. The zero-order chi connectivity index (χ0) is 26.0. The smallest absolute Gasteiger partial charge is 0.253 e. The Morgan fingerprint density at radius 3 is 2.59 bits per heavy atom. The second kappa shape index (κ2) is 10.4. The van der Waals surface area contributed by atoms with E-state index in [-0.39, 0.29) is 18.7 Å². The van der Waals surface area contributed by atoms with Crippen molar-refractivity contribution in [2.45, 2.75) is 32.1 Å². The van der Waals surface area contributed by atoms with Gasteiger partial charge in [0.1, 0.15) is 5.01 Å². The van der Waals surface area contributed by atoms with Gasteiger partial charge in [0, 0.05) is 35.2 Å². The molecular formula is C27H26N4O4S2. The highest BCUT2D eigenvalue weighted by Gasteiger charge is 2.26. The van der Waals surface area contributed by atoms with Crippen molar-refractivity contribution in [1.29, 1.82) is 0 Å². The van der Waals surface area contributed by atoms with Crippen LogP contribution in [0.2, 0.25) is 0 Å². The maximum atomic E-state index is 12.9. The summed E-state index contributed by atoms with van der Waals surface area (Å²) in [5.74, 6) is -0.599. The third-order valence-corrected chi connectivity index (χ3v) is 8.29. The summed E-state index contributed by atoms with van der Waals surface area (Å²) in [5.41, 5.74) is 5.64. The molecule has 37 heavy (non-hydrogen) atoms. The normalized spacial score (nSPS) is 13.2. The van der Waals surface area contributed by atoms with E-state index in [9.17, 15) is 18.0 Å². The van der Waals surface area contributed by atoms with Crippen molar-refractivity contribution in [2.75, 3.05) is 12.8 Å². The lowest BCUT2D eigenvalue weighted by Crippen LogP contribution is -2.30. The Balaban J connectivity index is 1.23. The lowest BCUT2D eigenvalue weighted by atomic mass is 9.95. The second-order valence-electron chi connectivity index (χ2n) is 9.08. The maximum absolute atomic E-state index is 12.9. The minimum absolute atomic E-state index is 0.109. The van der Waals surface area contributed by atoms with E-state index in [0.29, 0.717) is 29.1 Å². The fourth-order valence-electron chi connectivity index (χ4n) is 4.62. The van der Waals surface area contributed by atoms with Crippen LogP contribution in [-0.2, 0) is 34.1 Å². The predicted octanol–water partition coefficient (Wildman–Crippen LogP) is 3.90. The van der Waals surface area contributed by atoms with Gasteiger partial charge in [0.2, 0.25) is 10.0 Å². The number of thiazole rings is 1. The molecule has 3 heterocycles. The molecule has 0 saturated carbocycles. The molecule has 1 N–H and O–H groups in total. The highest BCUT2D eigenvalue weighted by molar-refractivity contribution is 7.89. The van der Waals surface area contributed by atoms with E-state index in [4.69, 9.17) is 0 Å². The largest absolute Gasteiger partial charge is 0.345 e. The highest BCUT2D eigenvalue weighted by atomic mass is 32.2. The van der Waals surface area contributed by atoms with Gasteiger partial charge >= 0.3 is 0 Å². The molecule has 5 rings (SSSR count). The molecule has 0 saturated heterocycles. The van der Waals surface area contributed by atoms with Crippen LogP contribution in [0.5, 0.6) is 0 Å². The number of pyridine rings is 1. The van der Waals surface area contributed by atoms with Crippen LogP contribution in [-0.4, -0.2) is 46.8 Å². The first-order valence-electron chi connectivity index (χ1n) is 12.0. The minimum atomic E-state index is -3.51. The summed E-state index contributed by atoms with van der Waals surface area (Å²) in [6.45, 7) is -0.149. The number of nitrogens with one attached hydrogen (secondary N) is 1. The van der Waals surface area contributed by atoms with E-state index in [0.717, 1.165) is 47.0 Å². The third kappa shape index (κ3) is 5.55. The zero-order valence-corrected chi connectivity index (χ0v) is 21.9. The Morgan fingerprint density at radius 1 is 1.05 bits per heavy atom. The Morgan fingerprint density at radius 2 is 1.81 bits per heavy atom. The number of fused-ring (bicyclic) bond motifs is 1. The van der Waals surface area contributed by atoms with Gasteiger partial charge in [-0.1, -0.05) is 18.2 Å². The van der Waals surface area contributed by atoms with Gasteiger partial charge in [0.25, 0.3) is 5.91 Å². The summed E-state index contributed by atoms with van der Waals surface area (Å²) in [4.78, 5) is 34.2. The van der Waals surface area contributed by atoms with Gasteiger partial charge in [-0.05, 0) is 60.6 Å². The first kappa shape index (κ1) is 25.0. The van der Waals surface area contributed by atoms with E-state index < -0.39 is 15.9 Å². The van der Waals surface area contributed by atoms with E-state index in [2.05, 4.69) is 21.4 Å². The van der Waals surface area contributed by atoms with Crippen molar-refractivity contribution >= 4 is 33.1 Å². The van der Waals surface area contributed by atoms with Gasteiger partial charge < -0.3 is 5.32 Å². The summed E-state index contributed by atoms with van der Waals surface area (Å²) >= 11 is 1.41. The van der Waals surface area contributed by atoms with Crippen LogP contribution < -0.4 is 5.32 Å². The van der Waals surface area contributed by atoms with Crippen LogP contribution in [0, 0.1) is 0 Å². The molecule has 1 aromatic carbocycles. The lowest BCUT2D eigenvalue weighted by molar-refractivity contribution is -0.117.